The van der Waals surface area contributed by atoms with Crippen LogP contribution in [0, 0.1) is 0 Å². The fraction of sp³-hybridized carbons (Fsp3) is 0. The number of pyridine rings is 3. The van der Waals surface area contributed by atoms with E-state index in [2.05, 4.69) is 174 Å². The van der Waals surface area contributed by atoms with E-state index in [1.54, 1.807) is 0 Å². The summed E-state index contributed by atoms with van der Waals surface area (Å²) in [4.78, 5) is 17.0. The van der Waals surface area contributed by atoms with E-state index in [4.69, 9.17) is 9.97 Å². The molecule has 0 aliphatic heterocycles. The third kappa shape index (κ3) is 4.88. The van der Waals surface area contributed by atoms with Crippen molar-refractivity contribution in [2.24, 2.45) is 0 Å². The SMILES string of the molecule is c1ccc(N(c2ccccc2)c2ccc(-c3nc4ccccc4c4c3ccc3cc(-c5ccnc6c5ccc5cccnc56)ccc34)cc2)cc1. The van der Waals surface area contributed by atoms with Gasteiger partial charge in [-0.2, -0.15) is 0 Å². The molecule has 0 unspecified atom stereocenters. The Bertz CT molecular complexity index is 2860. The first kappa shape index (κ1) is 29.0. The number of anilines is 3. The van der Waals surface area contributed by atoms with Crippen LogP contribution in [0.5, 0.6) is 0 Å². The summed E-state index contributed by atoms with van der Waals surface area (Å²) in [6, 6.07) is 60.1. The molecule has 0 fully saturated rings. The number of benzene rings is 7. The van der Waals surface area contributed by atoms with Crippen LogP contribution in [-0.4, -0.2) is 15.0 Å². The molecule has 10 aromatic rings. The van der Waals surface area contributed by atoms with Crippen molar-refractivity contribution in [1.82, 2.24) is 15.0 Å². The molecule has 3 heterocycles. The van der Waals surface area contributed by atoms with Crippen molar-refractivity contribution >= 4 is 71.3 Å². The Morgan fingerprint density at radius 3 is 1.84 bits per heavy atom. The molecule has 0 atom stereocenters. The van der Waals surface area contributed by atoms with Gasteiger partial charge in [0.1, 0.15) is 0 Å². The van der Waals surface area contributed by atoms with Crippen LogP contribution in [0.2, 0.25) is 0 Å². The predicted octanol–water partition coefficient (Wildman–Crippen LogP) is 12.4. The lowest BCUT2D eigenvalue weighted by molar-refractivity contribution is 1.28. The summed E-state index contributed by atoms with van der Waals surface area (Å²) in [6.45, 7) is 0. The van der Waals surface area contributed by atoms with Crippen LogP contribution in [0.1, 0.15) is 0 Å². The number of rotatable bonds is 5. The number of hydrogen-bond donors (Lipinski definition) is 0. The van der Waals surface area contributed by atoms with E-state index in [1.807, 2.05) is 18.5 Å². The third-order valence-corrected chi connectivity index (χ3v) is 9.90. The summed E-state index contributed by atoms with van der Waals surface area (Å²) in [6.07, 6.45) is 3.73. The smallest absolute Gasteiger partial charge is 0.0970 e. The van der Waals surface area contributed by atoms with Crippen molar-refractivity contribution in [1.29, 1.82) is 0 Å². The van der Waals surface area contributed by atoms with Gasteiger partial charge in [-0.05, 0) is 82.6 Å². The van der Waals surface area contributed by atoms with Gasteiger partial charge >= 0.3 is 0 Å². The highest BCUT2D eigenvalue weighted by molar-refractivity contribution is 6.23. The van der Waals surface area contributed by atoms with Gasteiger partial charge in [0.15, 0.2) is 0 Å². The first-order chi connectivity index (χ1) is 25.3. The second-order valence-electron chi connectivity index (χ2n) is 12.9. The molecule has 0 radical (unpaired) electrons. The van der Waals surface area contributed by atoms with Crippen molar-refractivity contribution < 1.29 is 0 Å². The molecular formula is C47H30N4. The Balaban J connectivity index is 1.12. The second-order valence-corrected chi connectivity index (χ2v) is 12.9. The summed E-state index contributed by atoms with van der Waals surface area (Å²) >= 11 is 0. The van der Waals surface area contributed by atoms with Gasteiger partial charge in [-0.15, -0.1) is 0 Å². The van der Waals surface area contributed by atoms with Crippen LogP contribution in [0.25, 0.3) is 76.6 Å². The second kappa shape index (κ2) is 11.9. The summed E-state index contributed by atoms with van der Waals surface area (Å²) in [7, 11) is 0. The zero-order valence-electron chi connectivity index (χ0n) is 27.6. The van der Waals surface area contributed by atoms with E-state index in [-0.39, 0.29) is 0 Å². The summed E-state index contributed by atoms with van der Waals surface area (Å²) in [5.41, 5.74) is 10.5. The van der Waals surface area contributed by atoms with Crippen molar-refractivity contribution in [3.8, 4) is 22.4 Å². The molecule has 0 spiro atoms. The van der Waals surface area contributed by atoms with Crippen LogP contribution in [-0.2, 0) is 0 Å². The first-order valence-corrected chi connectivity index (χ1v) is 17.2. The monoisotopic (exact) mass is 650 g/mol. The molecule has 51 heavy (non-hydrogen) atoms. The third-order valence-electron chi connectivity index (χ3n) is 9.90. The topological polar surface area (TPSA) is 41.9 Å². The first-order valence-electron chi connectivity index (χ1n) is 17.2. The number of aromatic nitrogens is 3. The minimum Gasteiger partial charge on any atom is -0.311 e. The van der Waals surface area contributed by atoms with Gasteiger partial charge in [0, 0.05) is 62.0 Å². The van der Waals surface area contributed by atoms with Crippen molar-refractivity contribution in [2.75, 3.05) is 4.90 Å². The maximum atomic E-state index is 5.27. The number of fused-ring (bicyclic) bond motifs is 8. The van der Waals surface area contributed by atoms with Crippen molar-refractivity contribution in [2.45, 2.75) is 0 Å². The van der Waals surface area contributed by atoms with Gasteiger partial charge in [-0.25, -0.2) is 4.98 Å². The minimum absolute atomic E-state index is 0.924. The maximum absolute atomic E-state index is 5.27. The Morgan fingerprint density at radius 2 is 1.04 bits per heavy atom. The fourth-order valence-corrected chi connectivity index (χ4v) is 7.54. The van der Waals surface area contributed by atoms with Gasteiger partial charge in [-0.3, -0.25) is 9.97 Å². The molecule has 0 aliphatic rings. The van der Waals surface area contributed by atoms with Crippen molar-refractivity contribution in [3.63, 3.8) is 0 Å². The highest BCUT2D eigenvalue weighted by atomic mass is 15.1. The Morgan fingerprint density at radius 1 is 0.392 bits per heavy atom. The largest absolute Gasteiger partial charge is 0.311 e. The van der Waals surface area contributed by atoms with E-state index in [9.17, 15) is 0 Å². The van der Waals surface area contributed by atoms with Gasteiger partial charge in [0.2, 0.25) is 0 Å². The van der Waals surface area contributed by atoms with Crippen LogP contribution < -0.4 is 4.90 Å². The molecule has 0 amide bonds. The number of para-hydroxylation sites is 3. The highest BCUT2D eigenvalue weighted by Gasteiger charge is 2.17. The van der Waals surface area contributed by atoms with Gasteiger partial charge in [-0.1, -0.05) is 109 Å². The molecule has 0 N–H and O–H groups in total. The lowest BCUT2D eigenvalue weighted by Crippen LogP contribution is -2.09. The molecule has 7 aromatic carbocycles. The van der Waals surface area contributed by atoms with E-state index in [0.29, 0.717) is 0 Å². The summed E-state index contributed by atoms with van der Waals surface area (Å²) in [5, 5.41) is 8.08. The normalized spacial score (nSPS) is 11.5. The van der Waals surface area contributed by atoms with Gasteiger partial charge < -0.3 is 4.90 Å². The lowest BCUT2D eigenvalue weighted by Gasteiger charge is -2.25. The van der Waals surface area contributed by atoms with Gasteiger partial charge in [0.25, 0.3) is 0 Å². The van der Waals surface area contributed by atoms with E-state index in [1.165, 1.54) is 16.2 Å². The molecule has 0 saturated carbocycles. The van der Waals surface area contributed by atoms with E-state index >= 15 is 0 Å². The maximum Gasteiger partial charge on any atom is 0.0970 e. The molecule has 3 aromatic heterocycles. The minimum atomic E-state index is 0.924. The van der Waals surface area contributed by atoms with Crippen LogP contribution >= 0.6 is 0 Å². The van der Waals surface area contributed by atoms with Crippen LogP contribution in [0.4, 0.5) is 17.1 Å². The average molecular weight is 651 g/mol. The van der Waals surface area contributed by atoms with Crippen LogP contribution in [0.3, 0.4) is 0 Å². The Kier molecular flexibility index (Phi) is 6.78. The summed E-state index contributed by atoms with van der Waals surface area (Å²) < 4.78 is 0. The van der Waals surface area contributed by atoms with E-state index < -0.39 is 0 Å². The molecule has 238 valence electrons. The molecular weight excluding hydrogens is 621 g/mol. The molecule has 4 heteroatoms. The molecule has 0 saturated heterocycles. The standard InChI is InChI=1S/C47H30N4/c1-3-11-35(12-4-1)51(36-13-5-2-6-14-36)37-22-17-32(18-23-37)45-42-26-21-34-30-33(20-24-39(34)44(42)41-15-7-8-16-43(41)50-45)38-27-29-49-47-40(38)25-19-31-10-9-28-48-46(31)47/h1-30H. The molecule has 0 aliphatic carbocycles. The zero-order chi connectivity index (χ0) is 33.7. The molecule has 4 nitrogen and oxygen atoms in total. The zero-order valence-corrected chi connectivity index (χ0v) is 27.6. The number of nitrogens with zero attached hydrogens (tertiary/aromatic N) is 4. The lowest BCUT2D eigenvalue weighted by atomic mass is 9.92. The molecule has 0 bridgehead atoms. The molecule has 10 rings (SSSR count). The Hall–Kier alpha value is -6.91. The fourth-order valence-electron chi connectivity index (χ4n) is 7.54. The number of hydrogen-bond acceptors (Lipinski definition) is 4. The van der Waals surface area contributed by atoms with Crippen molar-refractivity contribution in [3.05, 3.63) is 182 Å². The highest BCUT2D eigenvalue weighted by Crippen LogP contribution is 2.41. The average Bonchev–Trinajstić information content (AvgIpc) is 3.21. The predicted molar refractivity (Wildman–Crippen MR) is 213 cm³/mol. The van der Waals surface area contributed by atoms with Gasteiger partial charge in [0.05, 0.1) is 22.2 Å². The van der Waals surface area contributed by atoms with E-state index in [0.717, 1.165) is 77.5 Å². The van der Waals surface area contributed by atoms with Crippen LogP contribution in [0.15, 0.2) is 182 Å². The summed E-state index contributed by atoms with van der Waals surface area (Å²) in [5.74, 6) is 0. The quantitative estimate of drug-likeness (QED) is 0.174. The Labute approximate surface area is 294 Å².